The summed E-state index contributed by atoms with van der Waals surface area (Å²) in [5.41, 5.74) is 1.87. The molecule has 0 bridgehead atoms. The quantitative estimate of drug-likeness (QED) is 0.665. The molecule has 7 nitrogen and oxygen atoms in total. The van der Waals surface area contributed by atoms with Crippen LogP contribution in [0.15, 0.2) is 48.8 Å². The van der Waals surface area contributed by atoms with Crippen LogP contribution in [0.3, 0.4) is 0 Å². The van der Waals surface area contributed by atoms with E-state index in [2.05, 4.69) is 10.3 Å². The molecule has 0 radical (unpaired) electrons. The molecule has 1 aromatic carbocycles. The number of nitrogens with one attached hydrogen (secondary N) is 1. The minimum atomic E-state index is -3.40. The van der Waals surface area contributed by atoms with Gasteiger partial charge in [0, 0.05) is 38.4 Å². The summed E-state index contributed by atoms with van der Waals surface area (Å²) in [5, 5.41) is 2.78. The van der Waals surface area contributed by atoms with Gasteiger partial charge in [0.2, 0.25) is 15.9 Å². The summed E-state index contributed by atoms with van der Waals surface area (Å²) in [6, 6.07) is 11.2. The van der Waals surface area contributed by atoms with Gasteiger partial charge in [-0.3, -0.25) is 9.78 Å². The Labute approximate surface area is 160 Å². The number of hydrogen-bond acceptors (Lipinski definition) is 5. The van der Waals surface area contributed by atoms with Crippen molar-refractivity contribution in [3.8, 4) is 5.75 Å². The minimum Gasteiger partial charge on any atom is -0.497 e. The van der Waals surface area contributed by atoms with Crippen LogP contribution in [0.25, 0.3) is 0 Å². The van der Waals surface area contributed by atoms with Crippen molar-refractivity contribution in [3.63, 3.8) is 0 Å². The molecule has 1 amide bonds. The monoisotopic (exact) mass is 391 g/mol. The highest BCUT2D eigenvalue weighted by Gasteiger charge is 2.17. The largest absolute Gasteiger partial charge is 0.497 e. The molecule has 0 fully saturated rings. The zero-order chi connectivity index (χ0) is 19.7. The summed E-state index contributed by atoms with van der Waals surface area (Å²) in [4.78, 5) is 16.0. The summed E-state index contributed by atoms with van der Waals surface area (Å²) in [5.74, 6) is 0.530. The van der Waals surface area contributed by atoms with Crippen LogP contribution in [0, 0.1) is 0 Å². The molecule has 1 N–H and O–H groups in total. The third-order valence-electron chi connectivity index (χ3n) is 4.05. The number of rotatable bonds is 10. The predicted octanol–water partition coefficient (Wildman–Crippen LogP) is 1.60. The van der Waals surface area contributed by atoms with E-state index >= 15 is 0 Å². The van der Waals surface area contributed by atoms with Crippen molar-refractivity contribution in [2.75, 3.05) is 26.5 Å². The number of benzene rings is 1. The van der Waals surface area contributed by atoms with E-state index in [9.17, 15) is 13.2 Å². The fourth-order valence-electron chi connectivity index (χ4n) is 2.54. The lowest BCUT2D eigenvalue weighted by Gasteiger charge is -2.20. The number of hydrogen-bond donors (Lipinski definition) is 1. The van der Waals surface area contributed by atoms with Gasteiger partial charge in [-0.15, -0.1) is 0 Å². The first-order chi connectivity index (χ1) is 12.9. The minimum absolute atomic E-state index is 0.103. The third-order valence-corrected chi connectivity index (χ3v) is 5.36. The number of pyridine rings is 1. The normalized spacial score (nSPS) is 11.4. The van der Waals surface area contributed by atoms with Crippen molar-refractivity contribution >= 4 is 15.9 Å². The molecule has 0 atom stereocenters. The Hall–Kier alpha value is -2.45. The van der Waals surface area contributed by atoms with Gasteiger partial charge in [-0.25, -0.2) is 12.7 Å². The number of ether oxygens (including phenoxy) is 1. The zero-order valence-electron chi connectivity index (χ0n) is 15.6. The van der Waals surface area contributed by atoms with Gasteiger partial charge in [-0.1, -0.05) is 18.2 Å². The average molecular weight is 391 g/mol. The van der Waals surface area contributed by atoms with Gasteiger partial charge in [0.05, 0.1) is 13.4 Å². The Morgan fingerprint density at radius 3 is 2.63 bits per heavy atom. The van der Waals surface area contributed by atoms with Gasteiger partial charge >= 0.3 is 0 Å². The maximum absolute atomic E-state index is 12.0. The first kappa shape index (κ1) is 20.9. The lowest BCUT2D eigenvalue weighted by atomic mass is 10.1. The molecule has 1 aromatic heterocycles. The molecule has 0 spiro atoms. The lowest BCUT2D eigenvalue weighted by Crippen LogP contribution is -2.35. The SMILES string of the molecule is COc1cccc(CCN(CCC(=O)NCc2cccnc2)S(C)(=O)=O)c1. The molecule has 146 valence electrons. The lowest BCUT2D eigenvalue weighted by molar-refractivity contribution is -0.121. The predicted molar refractivity (Wildman–Crippen MR) is 104 cm³/mol. The van der Waals surface area contributed by atoms with Crippen LogP contribution < -0.4 is 10.1 Å². The smallest absolute Gasteiger partial charge is 0.221 e. The van der Waals surface area contributed by atoms with E-state index in [0.29, 0.717) is 19.5 Å². The molecule has 27 heavy (non-hydrogen) atoms. The van der Waals surface area contributed by atoms with Gasteiger partial charge in [0.25, 0.3) is 0 Å². The highest BCUT2D eigenvalue weighted by molar-refractivity contribution is 7.88. The van der Waals surface area contributed by atoms with Crippen molar-refractivity contribution in [3.05, 3.63) is 59.9 Å². The van der Waals surface area contributed by atoms with E-state index in [0.717, 1.165) is 23.1 Å². The van der Waals surface area contributed by atoms with Crippen molar-refractivity contribution in [1.82, 2.24) is 14.6 Å². The molecular formula is C19H25N3O4S. The van der Waals surface area contributed by atoms with Crippen molar-refractivity contribution in [1.29, 1.82) is 0 Å². The highest BCUT2D eigenvalue weighted by Crippen LogP contribution is 2.14. The van der Waals surface area contributed by atoms with Crippen LogP contribution in [0.5, 0.6) is 5.75 Å². The molecule has 2 rings (SSSR count). The van der Waals surface area contributed by atoms with Gasteiger partial charge in [0.1, 0.15) is 5.75 Å². The summed E-state index contributed by atoms with van der Waals surface area (Å²) >= 11 is 0. The van der Waals surface area contributed by atoms with E-state index in [1.807, 2.05) is 30.3 Å². The van der Waals surface area contributed by atoms with Crippen LogP contribution >= 0.6 is 0 Å². The highest BCUT2D eigenvalue weighted by atomic mass is 32.2. The van der Waals surface area contributed by atoms with E-state index in [4.69, 9.17) is 4.74 Å². The Balaban J connectivity index is 1.85. The van der Waals surface area contributed by atoms with Crippen LogP contribution in [-0.4, -0.2) is 50.1 Å². The van der Waals surface area contributed by atoms with Gasteiger partial charge in [-0.2, -0.15) is 0 Å². The van der Waals surface area contributed by atoms with E-state index in [1.54, 1.807) is 25.6 Å². The summed E-state index contributed by atoms with van der Waals surface area (Å²) < 4.78 is 30.6. The molecular weight excluding hydrogens is 366 g/mol. The first-order valence-electron chi connectivity index (χ1n) is 8.62. The number of amides is 1. The molecule has 0 saturated heterocycles. The molecule has 8 heteroatoms. The number of nitrogens with zero attached hydrogens (tertiary/aromatic N) is 2. The van der Waals surface area contributed by atoms with Crippen molar-refractivity contribution in [2.45, 2.75) is 19.4 Å². The molecule has 0 aliphatic carbocycles. The second-order valence-electron chi connectivity index (χ2n) is 6.15. The molecule has 1 heterocycles. The number of carbonyl (C=O) groups excluding carboxylic acids is 1. The standard InChI is InChI=1S/C19H25N3O4S/c1-26-18-7-3-5-16(13-18)8-11-22(27(2,24)25)12-9-19(23)21-15-17-6-4-10-20-14-17/h3-7,10,13-14H,8-9,11-12,15H2,1-2H3,(H,21,23). The second kappa shape index (κ2) is 10.0. The van der Waals surface area contributed by atoms with E-state index < -0.39 is 10.0 Å². The van der Waals surface area contributed by atoms with Crippen LogP contribution in [-0.2, 0) is 27.8 Å². The number of aromatic nitrogens is 1. The Morgan fingerprint density at radius 2 is 1.96 bits per heavy atom. The molecule has 0 unspecified atom stereocenters. The third kappa shape index (κ3) is 7.36. The maximum atomic E-state index is 12.0. The van der Waals surface area contributed by atoms with Crippen LogP contribution in [0.1, 0.15) is 17.5 Å². The Kier molecular flexibility index (Phi) is 7.75. The second-order valence-corrected chi connectivity index (χ2v) is 8.13. The number of methoxy groups -OCH3 is 1. The summed E-state index contributed by atoms with van der Waals surface area (Å²) in [6.07, 6.45) is 5.15. The fourth-order valence-corrected chi connectivity index (χ4v) is 3.39. The van der Waals surface area contributed by atoms with Crippen molar-refractivity contribution in [2.24, 2.45) is 0 Å². The van der Waals surface area contributed by atoms with Gasteiger partial charge in [0.15, 0.2) is 0 Å². The molecule has 0 aliphatic rings. The van der Waals surface area contributed by atoms with Gasteiger partial charge in [-0.05, 0) is 35.7 Å². The summed E-state index contributed by atoms with van der Waals surface area (Å²) in [6.45, 7) is 0.818. The molecule has 0 aliphatic heterocycles. The van der Waals surface area contributed by atoms with Crippen LogP contribution in [0.2, 0.25) is 0 Å². The first-order valence-corrected chi connectivity index (χ1v) is 10.5. The van der Waals surface area contributed by atoms with E-state index in [1.165, 1.54) is 4.31 Å². The van der Waals surface area contributed by atoms with Gasteiger partial charge < -0.3 is 10.1 Å². The average Bonchev–Trinajstić information content (AvgIpc) is 2.66. The number of sulfonamides is 1. The molecule has 2 aromatic rings. The molecule has 0 saturated carbocycles. The van der Waals surface area contributed by atoms with Crippen LogP contribution in [0.4, 0.5) is 0 Å². The van der Waals surface area contributed by atoms with E-state index in [-0.39, 0.29) is 18.9 Å². The Morgan fingerprint density at radius 1 is 1.19 bits per heavy atom. The van der Waals surface area contributed by atoms with Crippen molar-refractivity contribution < 1.29 is 17.9 Å². The Bertz CT molecular complexity index is 841. The summed E-state index contributed by atoms with van der Waals surface area (Å²) in [7, 11) is -1.81. The topological polar surface area (TPSA) is 88.6 Å². The maximum Gasteiger partial charge on any atom is 0.221 e. The fraction of sp³-hybridized carbons (Fsp3) is 0.368. The number of carbonyl (C=O) groups is 1. The zero-order valence-corrected chi connectivity index (χ0v) is 16.4.